The number of nitrogen functional groups attached to an aromatic ring is 2. The van der Waals surface area contributed by atoms with Gasteiger partial charge < -0.3 is 31.0 Å². The SMILES string of the molecule is COc1cc(C2N=C(NC#N)Nc3nc(N)c(C#N)c(N)c32)cc(OC)c1OC. The molecule has 0 saturated heterocycles. The van der Waals surface area contributed by atoms with Crippen LogP contribution in [-0.2, 0) is 0 Å². The van der Waals surface area contributed by atoms with E-state index in [1.54, 1.807) is 18.3 Å². The Labute approximate surface area is 166 Å². The van der Waals surface area contributed by atoms with Gasteiger partial charge in [0.25, 0.3) is 0 Å². The van der Waals surface area contributed by atoms with E-state index in [9.17, 15) is 5.26 Å². The fourth-order valence-corrected chi connectivity index (χ4v) is 3.08. The summed E-state index contributed by atoms with van der Waals surface area (Å²) in [4.78, 5) is 8.72. The molecule has 1 atom stereocenters. The summed E-state index contributed by atoms with van der Waals surface area (Å²) in [6, 6.07) is 4.64. The number of rotatable bonds is 4. The van der Waals surface area contributed by atoms with Crippen molar-refractivity contribution in [1.29, 1.82) is 10.5 Å². The highest BCUT2D eigenvalue weighted by Crippen LogP contribution is 2.45. The van der Waals surface area contributed by atoms with Crippen LogP contribution >= 0.6 is 0 Å². The number of benzene rings is 1. The molecule has 1 aliphatic rings. The number of methoxy groups -OCH3 is 3. The van der Waals surface area contributed by atoms with Gasteiger partial charge in [-0.25, -0.2) is 9.98 Å². The number of aliphatic imine (C=N–C) groups is 1. The minimum absolute atomic E-state index is 0.0295. The van der Waals surface area contributed by atoms with Crippen LogP contribution in [0.1, 0.15) is 22.7 Å². The molecular formula is C18H18N8O3. The lowest BCUT2D eigenvalue weighted by atomic mass is 9.94. The summed E-state index contributed by atoms with van der Waals surface area (Å²) in [6.07, 6.45) is 1.80. The van der Waals surface area contributed by atoms with Crippen LogP contribution in [0, 0.1) is 22.8 Å². The van der Waals surface area contributed by atoms with Crippen LogP contribution in [0.5, 0.6) is 17.2 Å². The number of nitrogens with two attached hydrogens (primary N) is 2. The van der Waals surface area contributed by atoms with Crippen LogP contribution in [-0.4, -0.2) is 32.3 Å². The predicted molar refractivity (Wildman–Crippen MR) is 106 cm³/mol. The Morgan fingerprint density at radius 3 is 2.28 bits per heavy atom. The number of nitriles is 2. The third-order valence-corrected chi connectivity index (χ3v) is 4.36. The topological polar surface area (TPSA) is 177 Å². The molecule has 1 aliphatic heterocycles. The molecule has 1 unspecified atom stereocenters. The van der Waals surface area contributed by atoms with Crippen LogP contribution in [0.25, 0.3) is 0 Å². The van der Waals surface area contributed by atoms with Crippen molar-refractivity contribution in [2.45, 2.75) is 6.04 Å². The van der Waals surface area contributed by atoms with E-state index in [-0.39, 0.29) is 28.8 Å². The summed E-state index contributed by atoms with van der Waals surface area (Å²) in [5.74, 6) is 1.63. The van der Waals surface area contributed by atoms with Gasteiger partial charge in [-0.2, -0.15) is 10.5 Å². The van der Waals surface area contributed by atoms with Gasteiger partial charge in [-0.05, 0) is 17.7 Å². The first-order chi connectivity index (χ1) is 14.0. The molecule has 0 fully saturated rings. The zero-order chi connectivity index (χ0) is 21.1. The van der Waals surface area contributed by atoms with Crippen molar-refractivity contribution in [1.82, 2.24) is 10.3 Å². The maximum absolute atomic E-state index is 9.41. The standard InChI is InChI=1S/C18H18N8O3/c1-27-10-4-8(5-11(28-2)15(10)29-3)14-12-13(21)9(6-19)16(22)25-17(12)26-18(24-14)23-7-20/h4-5,14H,1-3H3,(H6,21,22,23,24,25,26). The fourth-order valence-electron chi connectivity index (χ4n) is 3.08. The lowest BCUT2D eigenvalue weighted by molar-refractivity contribution is 0.323. The quantitative estimate of drug-likeness (QED) is 0.433. The van der Waals surface area contributed by atoms with Crippen molar-refractivity contribution in [3.05, 3.63) is 28.8 Å². The summed E-state index contributed by atoms with van der Waals surface area (Å²) in [5.41, 5.74) is 13.3. The molecule has 0 amide bonds. The molecule has 0 saturated carbocycles. The van der Waals surface area contributed by atoms with E-state index in [0.29, 0.717) is 28.4 Å². The number of anilines is 3. The van der Waals surface area contributed by atoms with Crippen molar-refractivity contribution in [3.8, 4) is 29.5 Å². The van der Waals surface area contributed by atoms with E-state index in [1.165, 1.54) is 21.3 Å². The highest BCUT2D eigenvalue weighted by Gasteiger charge is 2.31. The average molecular weight is 394 g/mol. The first-order valence-electron chi connectivity index (χ1n) is 8.27. The third-order valence-electron chi connectivity index (χ3n) is 4.36. The Morgan fingerprint density at radius 2 is 1.76 bits per heavy atom. The lowest BCUT2D eigenvalue weighted by Crippen LogP contribution is -2.32. The maximum atomic E-state index is 9.41. The van der Waals surface area contributed by atoms with Crippen LogP contribution in [0.2, 0.25) is 0 Å². The number of ether oxygens (including phenoxy) is 3. The van der Waals surface area contributed by atoms with Gasteiger partial charge in [-0.15, -0.1) is 0 Å². The molecule has 0 spiro atoms. The number of hydrogen-bond acceptors (Lipinski definition) is 11. The van der Waals surface area contributed by atoms with Gasteiger partial charge in [-0.1, -0.05) is 0 Å². The van der Waals surface area contributed by atoms with Crippen molar-refractivity contribution in [3.63, 3.8) is 0 Å². The molecule has 1 aromatic carbocycles. The minimum Gasteiger partial charge on any atom is -0.493 e. The first kappa shape index (κ1) is 19.4. The molecule has 29 heavy (non-hydrogen) atoms. The van der Waals surface area contributed by atoms with Gasteiger partial charge in [0.05, 0.1) is 27.0 Å². The summed E-state index contributed by atoms with van der Waals surface area (Å²) < 4.78 is 16.2. The summed E-state index contributed by atoms with van der Waals surface area (Å²) >= 11 is 0. The van der Waals surface area contributed by atoms with Gasteiger partial charge in [0.1, 0.15) is 29.3 Å². The molecule has 11 nitrogen and oxygen atoms in total. The number of hydrogen-bond donors (Lipinski definition) is 4. The van der Waals surface area contributed by atoms with E-state index < -0.39 is 6.04 Å². The highest BCUT2D eigenvalue weighted by atomic mass is 16.5. The number of nitrogens with one attached hydrogen (secondary N) is 2. The molecule has 2 aromatic rings. The number of aromatic nitrogens is 1. The van der Waals surface area contributed by atoms with Gasteiger partial charge in [0.2, 0.25) is 11.7 Å². The largest absolute Gasteiger partial charge is 0.493 e. The summed E-state index contributed by atoms with van der Waals surface area (Å²) in [7, 11) is 4.48. The van der Waals surface area contributed by atoms with E-state index in [1.807, 2.05) is 6.07 Å². The molecule has 6 N–H and O–H groups in total. The second-order valence-electron chi connectivity index (χ2n) is 5.86. The molecule has 1 aromatic heterocycles. The number of fused-ring (bicyclic) bond motifs is 1. The molecule has 0 radical (unpaired) electrons. The molecule has 11 heteroatoms. The van der Waals surface area contributed by atoms with Gasteiger partial charge >= 0.3 is 0 Å². The second kappa shape index (κ2) is 7.70. The zero-order valence-electron chi connectivity index (χ0n) is 15.9. The molecular weight excluding hydrogens is 376 g/mol. The Kier molecular flexibility index (Phi) is 5.15. The number of pyridine rings is 1. The van der Waals surface area contributed by atoms with Crippen molar-refractivity contribution >= 4 is 23.3 Å². The molecule has 148 valence electrons. The highest BCUT2D eigenvalue weighted by molar-refractivity contribution is 5.98. The lowest BCUT2D eigenvalue weighted by Gasteiger charge is -2.27. The van der Waals surface area contributed by atoms with Gasteiger partial charge in [0.15, 0.2) is 17.7 Å². The van der Waals surface area contributed by atoms with Crippen LogP contribution in [0.3, 0.4) is 0 Å². The average Bonchev–Trinajstić information content (AvgIpc) is 2.72. The van der Waals surface area contributed by atoms with E-state index in [0.717, 1.165) is 0 Å². The number of guanidine groups is 1. The minimum atomic E-state index is -0.726. The Hall–Kier alpha value is -4.38. The summed E-state index contributed by atoms with van der Waals surface area (Å²) in [5, 5.41) is 23.7. The molecule has 0 bridgehead atoms. The molecule has 2 heterocycles. The molecule has 0 aliphatic carbocycles. The van der Waals surface area contributed by atoms with Crippen LogP contribution in [0.4, 0.5) is 17.3 Å². The second-order valence-corrected chi connectivity index (χ2v) is 5.86. The Bertz CT molecular complexity index is 1060. The maximum Gasteiger partial charge on any atom is 0.211 e. The Morgan fingerprint density at radius 1 is 1.10 bits per heavy atom. The van der Waals surface area contributed by atoms with Crippen molar-refractivity contribution in [2.24, 2.45) is 4.99 Å². The van der Waals surface area contributed by atoms with E-state index in [4.69, 9.17) is 30.9 Å². The van der Waals surface area contributed by atoms with Crippen LogP contribution < -0.4 is 36.3 Å². The predicted octanol–water partition coefficient (Wildman–Crippen LogP) is 1.09. The van der Waals surface area contributed by atoms with Crippen LogP contribution in [0.15, 0.2) is 17.1 Å². The fraction of sp³-hybridized carbons (Fsp3) is 0.222. The van der Waals surface area contributed by atoms with Gasteiger partial charge in [-0.3, -0.25) is 5.32 Å². The number of nitrogens with zero attached hydrogens (tertiary/aromatic N) is 4. The first-order valence-corrected chi connectivity index (χ1v) is 8.27. The van der Waals surface area contributed by atoms with Crippen molar-refractivity contribution < 1.29 is 14.2 Å². The molecule has 3 rings (SSSR count). The van der Waals surface area contributed by atoms with Gasteiger partial charge in [0, 0.05) is 5.56 Å². The van der Waals surface area contributed by atoms with E-state index in [2.05, 4.69) is 20.6 Å². The summed E-state index contributed by atoms with van der Waals surface area (Å²) in [6.45, 7) is 0. The third kappa shape index (κ3) is 3.21. The Balaban J connectivity index is 2.29. The van der Waals surface area contributed by atoms with E-state index >= 15 is 0 Å². The van der Waals surface area contributed by atoms with Crippen molar-refractivity contribution in [2.75, 3.05) is 38.1 Å². The monoisotopic (exact) mass is 394 g/mol. The smallest absolute Gasteiger partial charge is 0.211 e. The zero-order valence-corrected chi connectivity index (χ0v) is 15.9. The normalized spacial score (nSPS) is 14.4.